The predicted molar refractivity (Wildman–Crippen MR) is 91.3 cm³/mol. The molecule has 2 atom stereocenters. The van der Waals surface area contributed by atoms with Crippen LogP contribution in [-0.4, -0.2) is 37.0 Å². The number of carbonyl (C=O) groups excluding carboxylic acids is 2. The Kier molecular flexibility index (Phi) is 6.16. The van der Waals surface area contributed by atoms with Gasteiger partial charge in [-0.1, -0.05) is 31.5 Å². The van der Waals surface area contributed by atoms with E-state index in [4.69, 9.17) is 0 Å². The van der Waals surface area contributed by atoms with Gasteiger partial charge in [-0.15, -0.1) is 0 Å². The fraction of sp³-hybridized carbons (Fsp3) is 0.556. The lowest BCUT2D eigenvalue weighted by atomic mass is 10.0. The highest BCUT2D eigenvalue weighted by Gasteiger charge is 2.27. The molecule has 5 nitrogen and oxygen atoms in total. The van der Waals surface area contributed by atoms with Crippen molar-refractivity contribution in [2.24, 2.45) is 5.92 Å². The zero-order chi connectivity index (χ0) is 16.8. The van der Waals surface area contributed by atoms with Crippen molar-refractivity contribution in [2.75, 3.05) is 13.1 Å². The van der Waals surface area contributed by atoms with E-state index in [-0.39, 0.29) is 23.8 Å². The first-order valence-corrected chi connectivity index (χ1v) is 8.36. The number of aryl methyl sites for hydroxylation is 1. The van der Waals surface area contributed by atoms with E-state index < -0.39 is 6.04 Å². The van der Waals surface area contributed by atoms with E-state index in [2.05, 4.69) is 16.0 Å². The van der Waals surface area contributed by atoms with Gasteiger partial charge in [-0.2, -0.15) is 0 Å². The van der Waals surface area contributed by atoms with Gasteiger partial charge in [0.2, 0.25) is 5.91 Å². The van der Waals surface area contributed by atoms with Crippen LogP contribution in [-0.2, 0) is 4.79 Å². The largest absolute Gasteiger partial charge is 0.350 e. The summed E-state index contributed by atoms with van der Waals surface area (Å²) in [7, 11) is 0. The molecule has 2 rings (SSSR count). The van der Waals surface area contributed by atoms with Crippen LogP contribution >= 0.6 is 0 Å². The fourth-order valence-corrected chi connectivity index (χ4v) is 2.73. The third-order valence-corrected chi connectivity index (χ3v) is 4.19. The number of hydrogen-bond donors (Lipinski definition) is 3. The van der Waals surface area contributed by atoms with Gasteiger partial charge in [0.15, 0.2) is 0 Å². The third-order valence-electron chi connectivity index (χ3n) is 4.19. The number of amides is 2. The summed E-state index contributed by atoms with van der Waals surface area (Å²) in [6, 6.07) is 6.98. The minimum Gasteiger partial charge on any atom is -0.350 e. The van der Waals surface area contributed by atoms with Crippen LogP contribution in [0.15, 0.2) is 24.3 Å². The van der Waals surface area contributed by atoms with Crippen molar-refractivity contribution >= 4 is 11.8 Å². The van der Waals surface area contributed by atoms with Gasteiger partial charge in [0.05, 0.1) is 0 Å². The maximum atomic E-state index is 12.5. The van der Waals surface area contributed by atoms with E-state index in [9.17, 15) is 9.59 Å². The van der Waals surface area contributed by atoms with Gasteiger partial charge in [0.1, 0.15) is 6.04 Å². The lowest BCUT2D eigenvalue weighted by Gasteiger charge is -2.28. The van der Waals surface area contributed by atoms with Crippen molar-refractivity contribution in [3.05, 3.63) is 35.4 Å². The maximum absolute atomic E-state index is 12.5. The molecule has 23 heavy (non-hydrogen) atoms. The Morgan fingerprint density at radius 2 is 1.91 bits per heavy atom. The Hall–Kier alpha value is -1.88. The van der Waals surface area contributed by atoms with Crippen LogP contribution in [0.2, 0.25) is 0 Å². The van der Waals surface area contributed by atoms with E-state index in [0.29, 0.717) is 5.56 Å². The molecular weight excluding hydrogens is 290 g/mol. The first-order valence-electron chi connectivity index (χ1n) is 8.36. The zero-order valence-electron chi connectivity index (χ0n) is 14.2. The molecule has 0 radical (unpaired) electrons. The number of hydrogen-bond acceptors (Lipinski definition) is 3. The minimum atomic E-state index is -0.522. The van der Waals surface area contributed by atoms with Crippen LogP contribution in [0.5, 0.6) is 0 Å². The Morgan fingerprint density at radius 1 is 1.22 bits per heavy atom. The summed E-state index contributed by atoms with van der Waals surface area (Å²) in [6.45, 7) is 7.66. The molecule has 5 heteroatoms. The molecule has 1 aromatic carbocycles. The molecule has 1 aliphatic heterocycles. The molecule has 2 amide bonds. The fourth-order valence-electron chi connectivity index (χ4n) is 2.73. The van der Waals surface area contributed by atoms with Crippen LogP contribution in [0.1, 0.15) is 42.6 Å². The summed E-state index contributed by atoms with van der Waals surface area (Å²) >= 11 is 0. The molecule has 0 aliphatic carbocycles. The topological polar surface area (TPSA) is 70.2 Å². The summed E-state index contributed by atoms with van der Waals surface area (Å²) in [5, 5.41) is 9.20. The first kappa shape index (κ1) is 17.5. The summed E-state index contributed by atoms with van der Waals surface area (Å²) in [4.78, 5) is 24.9. The van der Waals surface area contributed by atoms with E-state index in [1.165, 1.54) is 0 Å². The lowest BCUT2D eigenvalue weighted by Crippen LogP contribution is -2.54. The van der Waals surface area contributed by atoms with Gasteiger partial charge in [-0.3, -0.25) is 9.59 Å². The molecule has 3 N–H and O–H groups in total. The normalized spacial score (nSPS) is 19.2. The maximum Gasteiger partial charge on any atom is 0.251 e. The van der Waals surface area contributed by atoms with Crippen molar-refractivity contribution in [2.45, 2.75) is 45.7 Å². The quantitative estimate of drug-likeness (QED) is 0.773. The Balaban J connectivity index is 1.98. The number of benzene rings is 1. The van der Waals surface area contributed by atoms with E-state index in [0.717, 1.165) is 31.5 Å². The summed E-state index contributed by atoms with van der Waals surface area (Å²) in [5.74, 6) is -0.282. The average Bonchev–Trinajstić information content (AvgIpc) is 2.53. The molecule has 1 heterocycles. The van der Waals surface area contributed by atoms with E-state index in [1.54, 1.807) is 12.1 Å². The summed E-state index contributed by atoms with van der Waals surface area (Å²) in [6.07, 6.45) is 2.04. The SMILES string of the molecule is Cc1ccc(C(=O)NC(C(=O)NC2CCCNC2)C(C)C)cc1. The second-order valence-electron chi connectivity index (χ2n) is 6.61. The molecule has 0 saturated carbocycles. The molecule has 1 fully saturated rings. The Labute approximate surface area is 138 Å². The molecule has 1 aliphatic rings. The Morgan fingerprint density at radius 3 is 2.48 bits per heavy atom. The van der Waals surface area contributed by atoms with Crippen LogP contribution in [0.25, 0.3) is 0 Å². The molecule has 1 aromatic rings. The van der Waals surface area contributed by atoms with Crippen LogP contribution < -0.4 is 16.0 Å². The summed E-state index contributed by atoms with van der Waals surface area (Å²) < 4.78 is 0. The van der Waals surface area contributed by atoms with E-state index >= 15 is 0 Å². The zero-order valence-corrected chi connectivity index (χ0v) is 14.2. The van der Waals surface area contributed by atoms with Gasteiger partial charge in [0.25, 0.3) is 5.91 Å². The Bertz CT molecular complexity index is 534. The van der Waals surface area contributed by atoms with Crippen molar-refractivity contribution in [3.8, 4) is 0 Å². The van der Waals surface area contributed by atoms with Crippen molar-refractivity contribution in [1.29, 1.82) is 0 Å². The van der Waals surface area contributed by atoms with Crippen LogP contribution in [0, 0.1) is 12.8 Å². The third kappa shape index (κ3) is 5.06. The molecule has 0 aromatic heterocycles. The van der Waals surface area contributed by atoms with Gasteiger partial charge in [-0.25, -0.2) is 0 Å². The highest BCUT2D eigenvalue weighted by molar-refractivity contribution is 5.97. The average molecular weight is 317 g/mol. The minimum absolute atomic E-state index is 0.0287. The second-order valence-corrected chi connectivity index (χ2v) is 6.61. The van der Waals surface area contributed by atoms with Crippen LogP contribution in [0.3, 0.4) is 0 Å². The van der Waals surface area contributed by atoms with Gasteiger partial charge < -0.3 is 16.0 Å². The van der Waals surface area contributed by atoms with Gasteiger partial charge >= 0.3 is 0 Å². The molecule has 126 valence electrons. The number of nitrogens with one attached hydrogen (secondary N) is 3. The highest BCUT2D eigenvalue weighted by Crippen LogP contribution is 2.08. The number of rotatable bonds is 5. The van der Waals surface area contributed by atoms with E-state index in [1.807, 2.05) is 32.9 Å². The number of carbonyl (C=O) groups is 2. The molecule has 0 bridgehead atoms. The highest BCUT2D eigenvalue weighted by atomic mass is 16.2. The van der Waals surface area contributed by atoms with Gasteiger partial charge in [-0.05, 0) is 44.4 Å². The van der Waals surface area contributed by atoms with Gasteiger partial charge in [0, 0.05) is 18.2 Å². The lowest BCUT2D eigenvalue weighted by molar-refractivity contribution is -0.124. The monoisotopic (exact) mass is 317 g/mol. The molecule has 2 unspecified atom stereocenters. The second kappa shape index (κ2) is 8.11. The van der Waals surface area contributed by atoms with Crippen molar-refractivity contribution in [1.82, 2.24) is 16.0 Å². The first-order chi connectivity index (χ1) is 11.0. The predicted octanol–water partition coefficient (Wildman–Crippen LogP) is 1.62. The summed E-state index contributed by atoms with van der Waals surface area (Å²) in [5.41, 5.74) is 1.68. The molecule has 1 saturated heterocycles. The van der Waals surface area contributed by atoms with Crippen LogP contribution in [0.4, 0.5) is 0 Å². The molecule has 0 spiro atoms. The smallest absolute Gasteiger partial charge is 0.251 e. The number of piperidine rings is 1. The van der Waals surface area contributed by atoms with Crippen molar-refractivity contribution in [3.63, 3.8) is 0 Å². The molecular formula is C18H27N3O2. The standard InChI is InChI=1S/C18H27N3O2/c1-12(2)16(18(23)20-15-5-4-10-19-11-15)21-17(22)14-8-6-13(3)7-9-14/h6-9,12,15-16,19H,4-5,10-11H2,1-3H3,(H,20,23)(H,21,22). The van der Waals surface area contributed by atoms with Crippen molar-refractivity contribution < 1.29 is 9.59 Å².